The molecule has 0 fully saturated rings. The molecule has 0 aromatic rings. The van der Waals surface area contributed by atoms with Crippen molar-refractivity contribution in [3.63, 3.8) is 0 Å². The van der Waals surface area contributed by atoms with Crippen LogP contribution in [0.3, 0.4) is 0 Å². The molecule has 0 aliphatic carbocycles. The normalized spacial score (nSPS) is 11.1. The van der Waals surface area contributed by atoms with Crippen LogP contribution in [-0.2, 0) is 14.0 Å². The first-order valence-electron chi connectivity index (χ1n) is 5.25. The lowest BCUT2D eigenvalue weighted by Crippen LogP contribution is -2.28. The Morgan fingerprint density at radius 1 is 1.07 bits per heavy atom. The fourth-order valence-electron chi connectivity index (χ4n) is 1.11. The van der Waals surface area contributed by atoms with E-state index < -0.39 is 14.3 Å². The first-order chi connectivity index (χ1) is 6.81. The Labute approximate surface area is 91.8 Å². The lowest BCUT2D eigenvalue weighted by Gasteiger charge is -2.16. The lowest BCUT2D eigenvalue weighted by molar-refractivity contribution is -0.137. The summed E-state index contributed by atoms with van der Waals surface area (Å²) in [5.74, 6) is -0.927. The van der Waals surface area contributed by atoms with Crippen LogP contribution in [0.4, 0.5) is 0 Å². The van der Waals surface area contributed by atoms with E-state index in [9.17, 15) is 9.59 Å². The number of carbonyl (C=O) groups excluding carboxylic acids is 1. The molecule has 0 atom stereocenters. The summed E-state index contributed by atoms with van der Waals surface area (Å²) >= 11 is 0. The number of aliphatic carboxylic acids is 1. The summed E-state index contributed by atoms with van der Waals surface area (Å²) < 4.78 is 5.25. The summed E-state index contributed by atoms with van der Waals surface area (Å²) in [7, 11) is -1.75. The molecule has 4 nitrogen and oxygen atoms in total. The molecule has 15 heavy (non-hydrogen) atoms. The van der Waals surface area contributed by atoms with E-state index >= 15 is 0 Å². The first kappa shape index (κ1) is 14.2. The fraction of sp³-hybridized carbons (Fsp3) is 0.800. The van der Waals surface area contributed by atoms with Gasteiger partial charge in [-0.25, -0.2) is 0 Å². The van der Waals surface area contributed by atoms with Crippen LogP contribution in [0.1, 0.15) is 32.1 Å². The van der Waals surface area contributed by atoms with Gasteiger partial charge in [-0.3, -0.25) is 9.59 Å². The second-order valence-corrected chi connectivity index (χ2v) is 8.97. The maximum absolute atomic E-state index is 11.3. The Morgan fingerprint density at radius 3 is 2.07 bits per heavy atom. The molecule has 0 amide bonds. The van der Waals surface area contributed by atoms with E-state index in [0.717, 1.165) is 12.8 Å². The van der Waals surface area contributed by atoms with E-state index in [2.05, 4.69) is 0 Å². The van der Waals surface area contributed by atoms with Crippen molar-refractivity contribution in [2.24, 2.45) is 0 Å². The van der Waals surface area contributed by atoms with E-state index in [1.54, 1.807) is 0 Å². The number of hydrogen-bond donors (Lipinski definition) is 1. The minimum Gasteiger partial charge on any atom is -0.520 e. The molecule has 5 heteroatoms. The molecule has 0 saturated carbocycles. The molecule has 0 unspecified atom stereocenters. The Balaban J connectivity index is 3.44. The Morgan fingerprint density at radius 2 is 1.60 bits per heavy atom. The van der Waals surface area contributed by atoms with Gasteiger partial charge in [-0.1, -0.05) is 6.42 Å². The third-order valence-corrected chi connectivity index (χ3v) is 2.53. The van der Waals surface area contributed by atoms with Crippen molar-refractivity contribution in [2.75, 3.05) is 0 Å². The number of carbonyl (C=O) groups is 2. The summed E-state index contributed by atoms with van der Waals surface area (Å²) in [6.07, 6.45) is 2.71. The van der Waals surface area contributed by atoms with Crippen molar-refractivity contribution < 1.29 is 19.1 Å². The smallest absolute Gasteiger partial charge is 0.303 e. The zero-order valence-corrected chi connectivity index (χ0v) is 10.7. The molecular weight excluding hydrogens is 212 g/mol. The minimum absolute atomic E-state index is 0.149. The molecule has 0 heterocycles. The van der Waals surface area contributed by atoms with Crippen molar-refractivity contribution in [3.05, 3.63) is 0 Å². The highest BCUT2D eigenvalue weighted by Gasteiger charge is 2.19. The van der Waals surface area contributed by atoms with Crippen molar-refractivity contribution in [2.45, 2.75) is 51.7 Å². The second kappa shape index (κ2) is 6.61. The molecule has 0 aliphatic heterocycles. The van der Waals surface area contributed by atoms with Crippen LogP contribution in [0.2, 0.25) is 19.6 Å². The first-order valence-corrected chi connectivity index (χ1v) is 8.66. The zero-order valence-electron chi connectivity index (χ0n) is 9.71. The minimum atomic E-state index is -1.75. The van der Waals surface area contributed by atoms with E-state index in [-0.39, 0.29) is 12.4 Å². The van der Waals surface area contributed by atoms with Crippen LogP contribution < -0.4 is 0 Å². The topological polar surface area (TPSA) is 63.6 Å². The number of rotatable bonds is 7. The van der Waals surface area contributed by atoms with Gasteiger partial charge in [0.2, 0.25) is 8.32 Å². The monoisotopic (exact) mass is 232 g/mol. The van der Waals surface area contributed by atoms with E-state index in [0.29, 0.717) is 12.8 Å². The van der Waals surface area contributed by atoms with Gasteiger partial charge in [0, 0.05) is 12.8 Å². The van der Waals surface area contributed by atoms with E-state index in [1.165, 1.54) is 0 Å². The van der Waals surface area contributed by atoms with Crippen molar-refractivity contribution in [1.82, 2.24) is 0 Å². The van der Waals surface area contributed by atoms with Gasteiger partial charge in [0.15, 0.2) is 0 Å². The van der Waals surface area contributed by atoms with Crippen LogP contribution >= 0.6 is 0 Å². The van der Waals surface area contributed by atoms with Gasteiger partial charge in [0.05, 0.1) is 0 Å². The summed E-state index contributed by atoms with van der Waals surface area (Å²) in [5, 5.41) is 8.39. The van der Waals surface area contributed by atoms with Crippen molar-refractivity contribution in [1.29, 1.82) is 0 Å². The Hall–Kier alpha value is -0.843. The molecule has 0 spiro atoms. The van der Waals surface area contributed by atoms with Crippen molar-refractivity contribution in [3.8, 4) is 0 Å². The molecule has 0 rings (SSSR count). The Bertz CT molecular complexity index is 220. The molecule has 88 valence electrons. The standard InChI is InChI=1S/C10H20O4Si/c1-15(2,3)14-10(13)8-6-4-5-7-9(11)12/h4-8H2,1-3H3,(H,11,12). The predicted octanol–water partition coefficient (Wildman–Crippen LogP) is 2.40. The summed E-state index contributed by atoms with van der Waals surface area (Å²) in [6, 6.07) is 0. The number of unbranched alkanes of at least 4 members (excludes halogenated alkanes) is 2. The average Bonchev–Trinajstić information content (AvgIpc) is 1.99. The predicted molar refractivity (Wildman–Crippen MR) is 60.2 cm³/mol. The molecule has 0 aromatic heterocycles. The van der Waals surface area contributed by atoms with E-state index in [1.807, 2.05) is 19.6 Å². The highest BCUT2D eigenvalue weighted by atomic mass is 28.4. The van der Waals surface area contributed by atoms with Gasteiger partial charge in [-0.15, -0.1) is 0 Å². The van der Waals surface area contributed by atoms with Crippen molar-refractivity contribution >= 4 is 20.3 Å². The molecule has 1 N–H and O–H groups in total. The van der Waals surface area contributed by atoms with Gasteiger partial charge < -0.3 is 9.53 Å². The fourth-order valence-corrected chi connectivity index (χ4v) is 1.90. The maximum atomic E-state index is 11.3. The summed E-state index contributed by atoms with van der Waals surface area (Å²) in [6.45, 7) is 5.90. The van der Waals surface area contributed by atoms with Crippen LogP contribution in [0.25, 0.3) is 0 Å². The third-order valence-electron chi connectivity index (χ3n) is 1.69. The number of hydrogen-bond acceptors (Lipinski definition) is 3. The summed E-state index contributed by atoms with van der Waals surface area (Å²) in [4.78, 5) is 21.4. The zero-order chi connectivity index (χ0) is 11.9. The van der Waals surface area contributed by atoms with E-state index in [4.69, 9.17) is 9.53 Å². The van der Waals surface area contributed by atoms with Gasteiger partial charge in [-0.2, -0.15) is 0 Å². The van der Waals surface area contributed by atoms with Gasteiger partial charge in [-0.05, 0) is 32.5 Å². The van der Waals surface area contributed by atoms with Gasteiger partial charge >= 0.3 is 5.97 Å². The molecule has 0 aliphatic rings. The third kappa shape index (κ3) is 11.1. The number of carboxylic acids is 1. The Kier molecular flexibility index (Phi) is 6.23. The molecule has 0 saturated heterocycles. The van der Waals surface area contributed by atoms with Crippen LogP contribution in [0.5, 0.6) is 0 Å². The number of carboxylic acid groups (broad SMARTS) is 1. The van der Waals surface area contributed by atoms with Crippen LogP contribution in [0.15, 0.2) is 0 Å². The van der Waals surface area contributed by atoms with Gasteiger partial charge in [0.25, 0.3) is 5.97 Å². The maximum Gasteiger partial charge on any atom is 0.303 e. The second-order valence-electron chi connectivity index (χ2n) is 4.54. The van der Waals surface area contributed by atoms with Crippen LogP contribution in [0, 0.1) is 0 Å². The molecule has 0 aromatic carbocycles. The molecular formula is C10H20O4Si. The highest BCUT2D eigenvalue weighted by molar-refractivity contribution is 6.71. The van der Waals surface area contributed by atoms with Crippen LogP contribution in [-0.4, -0.2) is 25.4 Å². The summed E-state index contributed by atoms with van der Waals surface area (Å²) in [5.41, 5.74) is 0. The van der Waals surface area contributed by atoms with Gasteiger partial charge in [0.1, 0.15) is 0 Å². The average molecular weight is 232 g/mol. The highest BCUT2D eigenvalue weighted by Crippen LogP contribution is 2.08. The quantitative estimate of drug-likeness (QED) is 0.541. The molecule has 0 radical (unpaired) electrons. The SMILES string of the molecule is C[Si](C)(C)OC(=O)CCCCCC(=O)O. The lowest BCUT2D eigenvalue weighted by atomic mass is 10.1. The molecule has 0 bridgehead atoms. The largest absolute Gasteiger partial charge is 0.520 e.